The predicted octanol–water partition coefficient (Wildman–Crippen LogP) is 0.222. The van der Waals surface area contributed by atoms with Crippen molar-refractivity contribution < 1.29 is 5.11 Å². The summed E-state index contributed by atoms with van der Waals surface area (Å²) < 4.78 is 1.75. The van der Waals surface area contributed by atoms with Gasteiger partial charge in [-0.15, -0.1) is 10.2 Å². The van der Waals surface area contributed by atoms with Crippen molar-refractivity contribution in [2.24, 2.45) is 0 Å². The van der Waals surface area contributed by atoms with E-state index in [0.29, 0.717) is 5.82 Å². The van der Waals surface area contributed by atoms with Gasteiger partial charge < -0.3 is 5.11 Å². The molecule has 2 aromatic rings. The van der Waals surface area contributed by atoms with Crippen molar-refractivity contribution in [3.63, 3.8) is 0 Å². The van der Waals surface area contributed by atoms with Gasteiger partial charge in [0.15, 0.2) is 11.5 Å². The first-order chi connectivity index (χ1) is 5.42. The smallest absolute Gasteiger partial charge is 0.163 e. The van der Waals surface area contributed by atoms with E-state index in [-0.39, 0.29) is 6.61 Å². The van der Waals surface area contributed by atoms with E-state index in [1.165, 1.54) is 0 Å². The van der Waals surface area contributed by atoms with Gasteiger partial charge >= 0.3 is 0 Å². The summed E-state index contributed by atoms with van der Waals surface area (Å²) in [5.41, 5.74) is 0.761. The Bertz CT molecular complexity index is 368. The summed E-state index contributed by atoms with van der Waals surface area (Å²) in [5, 5.41) is 16.4. The number of aromatic nitrogens is 3. The maximum absolute atomic E-state index is 8.80. The van der Waals surface area contributed by atoms with Gasteiger partial charge in [-0.25, -0.2) is 0 Å². The van der Waals surface area contributed by atoms with Crippen molar-refractivity contribution in [2.45, 2.75) is 6.61 Å². The number of rotatable bonds is 1. The highest BCUT2D eigenvalue weighted by Gasteiger charge is 2.00. The Labute approximate surface area is 63.1 Å². The summed E-state index contributed by atoms with van der Waals surface area (Å²) in [6.45, 7) is -0.0782. The minimum absolute atomic E-state index is 0.0782. The Morgan fingerprint density at radius 2 is 2.27 bits per heavy atom. The Morgan fingerprint density at radius 3 is 3.09 bits per heavy atom. The van der Waals surface area contributed by atoms with E-state index in [0.717, 1.165) is 5.65 Å². The molecule has 11 heavy (non-hydrogen) atoms. The molecule has 2 heterocycles. The number of fused-ring (bicyclic) bond motifs is 1. The summed E-state index contributed by atoms with van der Waals surface area (Å²) in [5.74, 6) is 0.570. The molecule has 0 radical (unpaired) electrons. The van der Waals surface area contributed by atoms with Gasteiger partial charge in [0.1, 0.15) is 6.61 Å². The molecule has 1 N–H and O–H groups in total. The van der Waals surface area contributed by atoms with Crippen LogP contribution in [0.25, 0.3) is 5.65 Å². The average Bonchev–Trinajstić information content (AvgIpc) is 2.47. The molecular formula is C7H7N3O. The van der Waals surface area contributed by atoms with Crippen molar-refractivity contribution in [1.82, 2.24) is 14.6 Å². The Hall–Kier alpha value is -1.42. The first kappa shape index (κ1) is 6.30. The Kier molecular flexibility index (Phi) is 1.33. The van der Waals surface area contributed by atoms with Gasteiger partial charge in [-0.2, -0.15) is 0 Å². The van der Waals surface area contributed by atoms with Gasteiger partial charge in [-0.05, 0) is 12.1 Å². The van der Waals surface area contributed by atoms with Gasteiger partial charge in [0.2, 0.25) is 0 Å². The molecule has 0 amide bonds. The maximum Gasteiger partial charge on any atom is 0.163 e. The van der Waals surface area contributed by atoms with Crippen LogP contribution in [-0.4, -0.2) is 19.7 Å². The van der Waals surface area contributed by atoms with Crippen LogP contribution in [0.2, 0.25) is 0 Å². The van der Waals surface area contributed by atoms with Crippen molar-refractivity contribution in [3.05, 3.63) is 30.2 Å². The van der Waals surface area contributed by atoms with Gasteiger partial charge in [-0.3, -0.25) is 4.40 Å². The van der Waals surface area contributed by atoms with Crippen molar-refractivity contribution in [2.75, 3.05) is 0 Å². The molecule has 0 spiro atoms. The maximum atomic E-state index is 8.80. The lowest BCUT2D eigenvalue weighted by atomic mass is 10.5. The molecule has 4 nitrogen and oxygen atoms in total. The van der Waals surface area contributed by atoms with Crippen LogP contribution in [0, 0.1) is 0 Å². The van der Waals surface area contributed by atoms with E-state index in [9.17, 15) is 0 Å². The molecule has 56 valence electrons. The first-order valence-corrected chi connectivity index (χ1v) is 3.31. The van der Waals surface area contributed by atoms with Crippen LogP contribution in [0.15, 0.2) is 24.4 Å². The van der Waals surface area contributed by atoms with Crippen LogP contribution in [0.3, 0.4) is 0 Å². The number of aliphatic hydroxyl groups excluding tert-OH is 1. The molecule has 0 unspecified atom stereocenters. The summed E-state index contributed by atoms with van der Waals surface area (Å²) >= 11 is 0. The molecule has 0 saturated carbocycles. The van der Waals surface area contributed by atoms with Gasteiger partial charge in [0, 0.05) is 6.20 Å². The molecular weight excluding hydrogens is 142 g/mol. The lowest BCUT2D eigenvalue weighted by molar-refractivity contribution is 0.270. The quantitative estimate of drug-likeness (QED) is 0.631. The minimum atomic E-state index is -0.0782. The molecule has 0 aromatic carbocycles. The molecule has 0 fully saturated rings. The van der Waals surface area contributed by atoms with Crippen LogP contribution in [0.4, 0.5) is 0 Å². The molecule has 0 bridgehead atoms. The third-order valence-electron chi connectivity index (χ3n) is 1.53. The van der Waals surface area contributed by atoms with Crippen LogP contribution in [0.5, 0.6) is 0 Å². The Morgan fingerprint density at radius 1 is 1.36 bits per heavy atom. The molecule has 4 heteroatoms. The second-order valence-corrected chi connectivity index (χ2v) is 2.20. The summed E-state index contributed by atoms with van der Waals surface area (Å²) in [4.78, 5) is 0. The van der Waals surface area contributed by atoms with Crippen LogP contribution >= 0.6 is 0 Å². The van der Waals surface area contributed by atoms with Crippen molar-refractivity contribution >= 4 is 5.65 Å². The molecule has 0 aliphatic heterocycles. The zero-order chi connectivity index (χ0) is 7.68. The topological polar surface area (TPSA) is 50.4 Å². The normalized spacial score (nSPS) is 10.6. The zero-order valence-electron chi connectivity index (χ0n) is 5.81. The van der Waals surface area contributed by atoms with E-state index in [1.807, 2.05) is 24.4 Å². The van der Waals surface area contributed by atoms with Crippen LogP contribution in [-0.2, 0) is 6.61 Å². The Balaban J connectivity index is 2.76. The lowest BCUT2D eigenvalue weighted by Gasteiger charge is -1.92. The monoisotopic (exact) mass is 149 g/mol. The summed E-state index contributed by atoms with van der Waals surface area (Å²) in [6, 6.07) is 5.59. The number of aliphatic hydroxyl groups is 1. The fourth-order valence-electron chi connectivity index (χ4n) is 0.999. The molecule has 0 saturated heterocycles. The fraction of sp³-hybridized carbons (Fsp3) is 0.143. The molecule has 2 aromatic heterocycles. The molecule has 0 aliphatic rings. The van der Waals surface area contributed by atoms with E-state index in [2.05, 4.69) is 10.2 Å². The van der Waals surface area contributed by atoms with Gasteiger partial charge in [-0.1, -0.05) is 6.07 Å². The molecule has 0 atom stereocenters. The lowest BCUT2D eigenvalue weighted by Crippen LogP contribution is -1.92. The molecule has 0 aliphatic carbocycles. The van der Waals surface area contributed by atoms with Crippen LogP contribution in [0.1, 0.15) is 5.82 Å². The highest BCUT2D eigenvalue weighted by molar-refractivity contribution is 5.36. The number of nitrogens with zero attached hydrogens (tertiary/aromatic N) is 3. The zero-order valence-corrected chi connectivity index (χ0v) is 5.81. The van der Waals surface area contributed by atoms with E-state index < -0.39 is 0 Å². The second kappa shape index (κ2) is 2.32. The largest absolute Gasteiger partial charge is 0.388 e. The first-order valence-electron chi connectivity index (χ1n) is 3.31. The number of hydrogen-bond acceptors (Lipinski definition) is 3. The fourth-order valence-corrected chi connectivity index (χ4v) is 0.999. The number of pyridine rings is 1. The van der Waals surface area contributed by atoms with Crippen molar-refractivity contribution in [1.29, 1.82) is 0 Å². The van der Waals surface area contributed by atoms with Crippen molar-refractivity contribution in [3.8, 4) is 0 Å². The predicted molar refractivity (Wildman–Crippen MR) is 38.9 cm³/mol. The third kappa shape index (κ3) is 0.877. The van der Waals surface area contributed by atoms with Gasteiger partial charge in [0.25, 0.3) is 0 Å². The summed E-state index contributed by atoms with van der Waals surface area (Å²) in [7, 11) is 0. The standard InChI is InChI=1S/C7H7N3O/c11-5-7-9-8-6-3-1-2-4-10(6)7/h1-4,11H,5H2. The highest BCUT2D eigenvalue weighted by Crippen LogP contribution is 2.01. The SMILES string of the molecule is OCc1nnc2ccccn12. The van der Waals surface area contributed by atoms with Crippen LogP contribution < -0.4 is 0 Å². The van der Waals surface area contributed by atoms with E-state index >= 15 is 0 Å². The second-order valence-electron chi connectivity index (χ2n) is 2.20. The average molecular weight is 149 g/mol. The van der Waals surface area contributed by atoms with Gasteiger partial charge in [0.05, 0.1) is 0 Å². The minimum Gasteiger partial charge on any atom is -0.388 e. The van der Waals surface area contributed by atoms with E-state index in [1.54, 1.807) is 4.40 Å². The number of hydrogen-bond donors (Lipinski definition) is 1. The summed E-state index contributed by atoms with van der Waals surface area (Å²) in [6.07, 6.45) is 1.82. The van der Waals surface area contributed by atoms with E-state index in [4.69, 9.17) is 5.11 Å². The molecule has 2 rings (SSSR count). The third-order valence-corrected chi connectivity index (χ3v) is 1.53. The highest BCUT2D eigenvalue weighted by atomic mass is 16.3.